The molecule has 0 saturated carbocycles. The van der Waals surface area contributed by atoms with Gasteiger partial charge in [-0.15, -0.1) is 0 Å². The van der Waals surface area contributed by atoms with Gasteiger partial charge in [-0.3, -0.25) is 0 Å². The summed E-state index contributed by atoms with van der Waals surface area (Å²) in [6.07, 6.45) is -19.3. The van der Waals surface area contributed by atoms with E-state index in [0.29, 0.717) is 0 Å². The fourth-order valence-corrected chi connectivity index (χ4v) is 1.56. The predicted molar refractivity (Wildman–Crippen MR) is 56.5 cm³/mol. The van der Waals surface area contributed by atoms with Crippen molar-refractivity contribution in [3.05, 3.63) is 12.2 Å². The molecule has 0 spiro atoms. The van der Waals surface area contributed by atoms with Crippen molar-refractivity contribution in [1.29, 1.82) is 0 Å². The van der Waals surface area contributed by atoms with Crippen molar-refractivity contribution in [2.45, 2.75) is 49.1 Å². The largest absolute Gasteiger partial charge is 0.478 e. The SMILES string of the molecule is C=C(CCCC(F)(F)C(F)(F)C(F)(C(F)(F)F)C(F)(F)F)C(=O)O. The van der Waals surface area contributed by atoms with Crippen LogP contribution in [0, 0.1) is 0 Å². The van der Waals surface area contributed by atoms with E-state index in [4.69, 9.17) is 5.11 Å². The highest BCUT2D eigenvalue weighted by Crippen LogP contribution is 2.59. The van der Waals surface area contributed by atoms with E-state index < -0.39 is 60.7 Å². The Hall–Kier alpha value is -1.56. The maximum absolute atomic E-state index is 13.2. The fraction of sp³-hybridized carbons (Fsp3) is 0.727. The predicted octanol–water partition coefficient (Wildman–Crippen LogP) is 4.90. The minimum absolute atomic E-state index is 0.799. The van der Waals surface area contributed by atoms with Gasteiger partial charge in [-0.05, 0) is 12.8 Å². The van der Waals surface area contributed by atoms with Crippen LogP contribution in [-0.2, 0) is 4.79 Å². The highest BCUT2D eigenvalue weighted by molar-refractivity contribution is 5.85. The monoisotopic (exact) mass is 382 g/mol. The van der Waals surface area contributed by atoms with Gasteiger partial charge in [0.05, 0.1) is 0 Å². The molecule has 1 N–H and O–H groups in total. The van der Waals surface area contributed by atoms with Gasteiger partial charge >= 0.3 is 35.8 Å². The van der Waals surface area contributed by atoms with E-state index in [-0.39, 0.29) is 0 Å². The lowest BCUT2D eigenvalue weighted by atomic mass is 9.88. The highest BCUT2D eigenvalue weighted by Gasteiger charge is 2.89. The average molecular weight is 382 g/mol. The van der Waals surface area contributed by atoms with Gasteiger partial charge in [0.2, 0.25) is 0 Å². The molecule has 2 nitrogen and oxygen atoms in total. The van der Waals surface area contributed by atoms with Crippen LogP contribution < -0.4 is 0 Å². The first-order valence-corrected chi connectivity index (χ1v) is 5.82. The number of rotatable bonds is 7. The Kier molecular flexibility index (Phi) is 5.97. The van der Waals surface area contributed by atoms with Crippen LogP contribution in [0.15, 0.2) is 12.2 Å². The molecular weight excluding hydrogens is 373 g/mol. The van der Waals surface area contributed by atoms with Gasteiger partial charge in [-0.1, -0.05) is 6.58 Å². The molecule has 0 heterocycles. The summed E-state index contributed by atoms with van der Waals surface area (Å²) in [6.45, 7) is 2.80. The molecule has 0 amide bonds. The second-order valence-corrected chi connectivity index (χ2v) is 4.70. The minimum atomic E-state index is -7.49. The van der Waals surface area contributed by atoms with Crippen LogP contribution in [0.3, 0.4) is 0 Å². The number of hydrogen-bond acceptors (Lipinski definition) is 1. The molecule has 13 heteroatoms. The van der Waals surface area contributed by atoms with Crippen molar-refractivity contribution in [1.82, 2.24) is 0 Å². The standard InChI is InChI=1S/C11H9F11O2/c1-5(6(23)24)3-2-4-7(12,13)9(15,16)8(14,10(17,18)19)11(20,21)22/h1-4H2,(H,23,24). The molecule has 142 valence electrons. The van der Waals surface area contributed by atoms with Gasteiger partial charge < -0.3 is 5.11 Å². The van der Waals surface area contributed by atoms with E-state index in [0.717, 1.165) is 0 Å². The zero-order chi connectivity index (χ0) is 19.8. The Morgan fingerprint density at radius 1 is 0.833 bits per heavy atom. The number of carboxylic acid groups (broad SMARTS) is 1. The number of carboxylic acids is 1. The Morgan fingerprint density at radius 2 is 1.21 bits per heavy atom. The molecule has 0 aliphatic carbocycles. The summed E-state index contributed by atoms with van der Waals surface area (Å²) in [5, 5.41) is 8.32. The third-order valence-electron chi connectivity index (χ3n) is 2.95. The number of carbonyl (C=O) groups is 1. The van der Waals surface area contributed by atoms with Crippen molar-refractivity contribution < 1.29 is 58.2 Å². The van der Waals surface area contributed by atoms with E-state index in [1.807, 2.05) is 0 Å². The molecule has 0 unspecified atom stereocenters. The molecule has 0 atom stereocenters. The lowest BCUT2D eigenvalue weighted by Crippen LogP contribution is -2.70. The molecule has 0 aromatic carbocycles. The van der Waals surface area contributed by atoms with Crippen LogP contribution in [-0.4, -0.2) is 40.9 Å². The first-order chi connectivity index (χ1) is 10.3. The van der Waals surface area contributed by atoms with Crippen molar-refractivity contribution in [2.24, 2.45) is 0 Å². The van der Waals surface area contributed by atoms with Gasteiger partial charge in [0.1, 0.15) is 0 Å². The van der Waals surface area contributed by atoms with E-state index in [1.165, 1.54) is 0 Å². The summed E-state index contributed by atoms with van der Waals surface area (Å²) >= 11 is 0. The Labute approximate surface area is 126 Å². The highest BCUT2D eigenvalue weighted by atomic mass is 19.4. The van der Waals surface area contributed by atoms with Gasteiger partial charge in [-0.25, -0.2) is 9.18 Å². The molecule has 0 fully saturated rings. The summed E-state index contributed by atoms with van der Waals surface area (Å²) in [6, 6.07) is 0. The second kappa shape index (κ2) is 6.39. The maximum Gasteiger partial charge on any atom is 0.438 e. The lowest BCUT2D eigenvalue weighted by molar-refractivity contribution is -0.427. The Bertz CT molecular complexity index is 475. The molecule has 0 rings (SSSR count). The first kappa shape index (κ1) is 22.4. The summed E-state index contributed by atoms with van der Waals surface area (Å²) in [5.74, 6) is -15.0. The van der Waals surface area contributed by atoms with Crippen LogP contribution in [0.5, 0.6) is 0 Å². The van der Waals surface area contributed by atoms with E-state index in [9.17, 15) is 53.1 Å². The molecule has 0 aliphatic heterocycles. The maximum atomic E-state index is 13.2. The van der Waals surface area contributed by atoms with Crippen molar-refractivity contribution in [2.75, 3.05) is 0 Å². The molecule has 0 aromatic rings. The fourth-order valence-electron chi connectivity index (χ4n) is 1.56. The molecule has 0 radical (unpaired) electrons. The summed E-state index contributed by atoms with van der Waals surface area (Å²) in [5.41, 5.74) is -8.28. The summed E-state index contributed by atoms with van der Waals surface area (Å²) in [7, 11) is 0. The van der Waals surface area contributed by atoms with E-state index in [2.05, 4.69) is 6.58 Å². The van der Waals surface area contributed by atoms with Crippen LogP contribution in [0.2, 0.25) is 0 Å². The average Bonchev–Trinajstić information content (AvgIpc) is 2.33. The van der Waals surface area contributed by atoms with Gasteiger partial charge in [0.15, 0.2) is 0 Å². The molecule has 0 aromatic heterocycles. The number of alkyl halides is 11. The van der Waals surface area contributed by atoms with Crippen molar-refractivity contribution >= 4 is 5.97 Å². The third kappa shape index (κ3) is 3.74. The molecule has 0 saturated heterocycles. The van der Waals surface area contributed by atoms with Crippen LogP contribution in [0.25, 0.3) is 0 Å². The van der Waals surface area contributed by atoms with E-state index >= 15 is 0 Å². The number of aliphatic carboxylic acids is 1. The second-order valence-electron chi connectivity index (χ2n) is 4.70. The Morgan fingerprint density at radius 3 is 1.50 bits per heavy atom. The first-order valence-electron chi connectivity index (χ1n) is 5.82. The lowest BCUT2D eigenvalue weighted by Gasteiger charge is -2.39. The quantitative estimate of drug-likeness (QED) is 0.502. The van der Waals surface area contributed by atoms with Gasteiger partial charge in [-0.2, -0.15) is 43.9 Å². The molecular formula is C11H9F11O2. The third-order valence-corrected chi connectivity index (χ3v) is 2.95. The zero-order valence-corrected chi connectivity index (χ0v) is 11.3. The molecule has 0 aliphatic rings. The van der Waals surface area contributed by atoms with Crippen molar-refractivity contribution in [3.8, 4) is 0 Å². The Balaban J connectivity index is 5.65. The normalized spacial score (nSPS) is 14.6. The minimum Gasteiger partial charge on any atom is -0.478 e. The van der Waals surface area contributed by atoms with Crippen molar-refractivity contribution in [3.63, 3.8) is 0 Å². The zero-order valence-electron chi connectivity index (χ0n) is 11.3. The smallest absolute Gasteiger partial charge is 0.438 e. The van der Waals surface area contributed by atoms with Gasteiger partial charge in [0.25, 0.3) is 0 Å². The molecule has 24 heavy (non-hydrogen) atoms. The molecule has 0 bridgehead atoms. The summed E-state index contributed by atoms with van der Waals surface area (Å²) in [4.78, 5) is 10.3. The topological polar surface area (TPSA) is 37.3 Å². The number of hydrogen-bond donors (Lipinski definition) is 1. The van der Waals surface area contributed by atoms with Crippen LogP contribution in [0.1, 0.15) is 19.3 Å². The number of halogens is 11. The van der Waals surface area contributed by atoms with Crippen LogP contribution in [0.4, 0.5) is 48.3 Å². The van der Waals surface area contributed by atoms with E-state index in [1.54, 1.807) is 0 Å². The van der Waals surface area contributed by atoms with Gasteiger partial charge in [0, 0.05) is 12.0 Å². The summed E-state index contributed by atoms with van der Waals surface area (Å²) < 4.78 is 139. The van der Waals surface area contributed by atoms with Crippen LogP contribution >= 0.6 is 0 Å².